The lowest BCUT2D eigenvalue weighted by Gasteiger charge is -2.28. The average Bonchev–Trinajstić information content (AvgIpc) is 2.57. The monoisotopic (exact) mass is 285 g/mol. The zero-order valence-corrected chi connectivity index (χ0v) is 11.6. The molecule has 1 aromatic heterocycles. The molecule has 0 aliphatic heterocycles. The number of rotatable bonds is 2. The van der Waals surface area contributed by atoms with Crippen LogP contribution in [0.2, 0.25) is 0 Å². The molecule has 2 rings (SSSR count). The van der Waals surface area contributed by atoms with Crippen molar-refractivity contribution < 1.29 is 0 Å². The summed E-state index contributed by atoms with van der Waals surface area (Å²) in [7, 11) is 0. The van der Waals surface area contributed by atoms with Crippen LogP contribution in [0.1, 0.15) is 50.8 Å². The Hall–Kier alpha value is -0.510. The number of hydrogen-bond donors (Lipinski definition) is 1. The minimum Gasteiger partial charge on any atom is -0.383 e. The Labute approximate surface area is 106 Å². The molecule has 1 fully saturated rings. The first-order chi connectivity index (χ1) is 7.63. The Balaban J connectivity index is 2.11. The van der Waals surface area contributed by atoms with Crippen LogP contribution >= 0.6 is 15.9 Å². The third-order valence-corrected chi connectivity index (χ3v) is 4.77. The van der Waals surface area contributed by atoms with Gasteiger partial charge >= 0.3 is 0 Å². The highest BCUT2D eigenvalue weighted by molar-refractivity contribution is 9.10. The number of nitrogens with zero attached hydrogens (tertiary/aromatic N) is 2. The molecule has 4 heteroatoms. The van der Waals surface area contributed by atoms with Gasteiger partial charge in [0.15, 0.2) is 0 Å². The van der Waals surface area contributed by atoms with E-state index in [-0.39, 0.29) is 0 Å². The van der Waals surface area contributed by atoms with Crippen LogP contribution < -0.4 is 5.73 Å². The van der Waals surface area contributed by atoms with E-state index in [0.717, 1.165) is 21.9 Å². The van der Waals surface area contributed by atoms with Gasteiger partial charge in [0.1, 0.15) is 5.82 Å². The van der Waals surface area contributed by atoms with Crippen molar-refractivity contribution in [1.29, 1.82) is 0 Å². The zero-order chi connectivity index (χ0) is 11.7. The SMILES string of the molecule is CCC1CCC(n2nc(C)c(Br)c2N)CC1. The van der Waals surface area contributed by atoms with Gasteiger partial charge in [0.2, 0.25) is 0 Å². The summed E-state index contributed by atoms with van der Waals surface area (Å²) in [6, 6.07) is 0.507. The van der Waals surface area contributed by atoms with Gasteiger partial charge in [-0.2, -0.15) is 5.10 Å². The molecule has 1 aromatic rings. The van der Waals surface area contributed by atoms with Gasteiger partial charge in [0.05, 0.1) is 16.2 Å². The van der Waals surface area contributed by atoms with Gasteiger partial charge < -0.3 is 5.73 Å². The molecule has 0 saturated heterocycles. The molecule has 0 bridgehead atoms. The molecule has 16 heavy (non-hydrogen) atoms. The van der Waals surface area contributed by atoms with Crippen LogP contribution in [0.25, 0.3) is 0 Å². The van der Waals surface area contributed by atoms with Crippen molar-refractivity contribution in [2.45, 2.75) is 52.0 Å². The second kappa shape index (κ2) is 4.78. The van der Waals surface area contributed by atoms with Crippen molar-refractivity contribution in [2.75, 3.05) is 5.73 Å². The van der Waals surface area contributed by atoms with Crippen LogP contribution in [-0.2, 0) is 0 Å². The van der Waals surface area contributed by atoms with E-state index in [9.17, 15) is 0 Å². The standard InChI is InChI=1S/C12H20BrN3/c1-3-9-4-6-10(7-5-9)16-12(14)11(13)8(2)15-16/h9-10H,3-7,14H2,1-2H3. The van der Waals surface area contributed by atoms with E-state index in [1.165, 1.54) is 32.1 Å². The molecular weight excluding hydrogens is 266 g/mol. The predicted octanol–water partition coefficient (Wildman–Crippen LogP) is 3.68. The van der Waals surface area contributed by atoms with Crippen molar-refractivity contribution in [3.8, 4) is 0 Å². The fraction of sp³-hybridized carbons (Fsp3) is 0.750. The molecule has 0 unspecified atom stereocenters. The van der Waals surface area contributed by atoms with E-state index in [2.05, 4.69) is 28.0 Å². The van der Waals surface area contributed by atoms with Crippen molar-refractivity contribution in [3.05, 3.63) is 10.2 Å². The Bertz CT molecular complexity index is 365. The maximum Gasteiger partial charge on any atom is 0.136 e. The molecule has 3 nitrogen and oxygen atoms in total. The van der Waals surface area contributed by atoms with Crippen molar-refractivity contribution >= 4 is 21.7 Å². The lowest BCUT2D eigenvalue weighted by molar-refractivity contribution is 0.258. The summed E-state index contributed by atoms with van der Waals surface area (Å²) in [5.41, 5.74) is 7.05. The van der Waals surface area contributed by atoms with E-state index < -0.39 is 0 Å². The summed E-state index contributed by atoms with van der Waals surface area (Å²) >= 11 is 3.48. The smallest absolute Gasteiger partial charge is 0.136 e. The van der Waals surface area contributed by atoms with E-state index in [0.29, 0.717) is 6.04 Å². The Kier molecular flexibility index (Phi) is 3.57. The Morgan fingerprint density at radius 2 is 2.00 bits per heavy atom. The molecule has 0 spiro atoms. The van der Waals surface area contributed by atoms with E-state index in [1.54, 1.807) is 0 Å². The quantitative estimate of drug-likeness (QED) is 0.901. The second-order valence-corrected chi connectivity index (χ2v) is 5.60. The lowest BCUT2D eigenvalue weighted by Crippen LogP contribution is -2.20. The fourth-order valence-corrected chi connectivity index (χ4v) is 2.88. The third-order valence-electron chi connectivity index (χ3n) is 3.79. The summed E-state index contributed by atoms with van der Waals surface area (Å²) in [5, 5.41) is 4.53. The number of hydrogen-bond acceptors (Lipinski definition) is 2. The topological polar surface area (TPSA) is 43.8 Å². The van der Waals surface area contributed by atoms with Crippen molar-refractivity contribution in [3.63, 3.8) is 0 Å². The highest BCUT2D eigenvalue weighted by atomic mass is 79.9. The van der Waals surface area contributed by atoms with Crippen LogP contribution in [0.15, 0.2) is 4.47 Å². The second-order valence-electron chi connectivity index (χ2n) is 4.81. The highest BCUT2D eigenvalue weighted by Gasteiger charge is 2.24. The van der Waals surface area contributed by atoms with Gasteiger partial charge in [-0.05, 0) is 54.5 Å². The Morgan fingerprint density at radius 3 is 2.44 bits per heavy atom. The van der Waals surface area contributed by atoms with E-state index in [1.807, 2.05) is 11.6 Å². The molecule has 1 aliphatic rings. The molecule has 1 heterocycles. The number of nitrogens with two attached hydrogens (primary N) is 1. The third kappa shape index (κ3) is 2.12. The van der Waals surface area contributed by atoms with Gasteiger partial charge in [0, 0.05) is 0 Å². The first-order valence-corrected chi connectivity index (χ1v) is 6.92. The molecule has 1 aliphatic carbocycles. The average molecular weight is 286 g/mol. The van der Waals surface area contributed by atoms with Crippen LogP contribution in [0, 0.1) is 12.8 Å². The summed E-state index contributed by atoms with van der Waals surface area (Å²) in [5.74, 6) is 1.70. The Morgan fingerprint density at radius 1 is 1.38 bits per heavy atom. The molecule has 0 radical (unpaired) electrons. The van der Waals surface area contributed by atoms with E-state index in [4.69, 9.17) is 5.73 Å². The zero-order valence-electron chi connectivity index (χ0n) is 10.0. The molecular formula is C12H20BrN3. The molecule has 0 aromatic carbocycles. The first kappa shape index (κ1) is 12.0. The normalized spacial score (nSPS) is 25.9. The maximum absolute atomic E-state index is 6.06. The number of nitrogen functional groups attached to an aromatic ring is 1. The van der Waals surface area contributed by atoms with Gasteiger partial charge in [-0.25, -0.2) is 4.68 Å². The molecule has 0 amide bonds. The van der Waals surface area contributed by atoms with E-state index >= 15 is 0 Å². The van der Waals surface area contributed by atoms with Gasteiger partial charge in [-0.3, -0.25) is 0 Å². The minimum absolute atomic E-state index is 0.507. The maximum atomic E-state index is 6.06. The number of halogens is 1. The summed E-state index contributed by atoms with van der Waals surface area (Å²) in [6.07, 6.45) is 6.38. The minimum atomic E-state index is 0.507. The predicted molar refractivity (Wildman–Crippen MR) is 70.4 cm³/mol. The summed E-state index contributed by atoms with van der Waals surface area (Å²) in [6.45, 7) is 4.28. The highest BCUT2D eigenvalue weighted by Crippen LogP contribution is 2.36. The largest absolute Gasteiger partial charge is 0.383 e. The van der Waals surface area contributed by atoms with Crippen LogP contribution in [0.3, 0.4) is 0 Å². The first-order valence-electron chi connectivity index (χ1n) is 6.13. The van der Waals surface area contributed by atoms with Gasteiger partial charge in [-0.1, -0.05) is 13.3 Å². The van der Waals surface area contributed by atoms with Crippen molar-refractivity contribution in [1.82, 2.24) is 9.78 Å². The van der Waals surface area contributed by atoms with Crippen LogP contribution in [-0.4, -0.2) is 9.78 Å². The number of anilines is 1. The van der Waals surface area contributed by atoms with Crippen LogP contribution in [0.5, 0.6) is 0 Å². The molecule has 1 saturated carbocycles. The van der Waals surface area contributed by atoms with Gasteiger partial charge in [0.25, 0.3) is 0 Å². The lowest BCUT2D eigenvalue weighted by atomic mass is 9.84. The van der Waals surface area contributed by atoms with Gasteiger partial charge in [-0.15, -0.1) is 0 Å². The molecule has 2 N–H and O–H groups in total. The molecule has 90 valence electrons. The number of aromatic nitrogens is 2. The summed E-state index contributed by atoms with van der Waals surface area (Å²) in [4.78, 5) is 0. The summed E-state index contributed by atoms with van der Waals surface area (Å²) < 4.78 is 2.98. The molecule has 0 atom stereocenters. The van der Waals surface area contributed by atoms with Crippen molar-refractivity contribution in [2.24, 2.45) is 5.92 Å². The number of aryl methyl sites for hydroxylation is 1. The fourth-order valence-electron chi connectivity index (χ4n) is 2.62. The van der Waals surface area contributed by atoms with Crippen LogP contribution in [0.4, 0.5) is 5.82 Å².